The smallest absolute Gasteiger partial charge is 0.333 e. The van der Waals surface area contributed by atoms with Crippen LogP contribution in [0, 0.1) is 0 Å². The lowest BCUT2D eigenvalue weighted by molar-refractivity contribution is -0.154. The van der Waals surface area contributed by atoms with Crippen LogP contribution in [0.4, 0.5) is 0 Å². The van der Waals surface area contributed by atoms with Gasteiger partial charge in [-0.05, 0) is 49.2 Å². The molecule has 57 heavy (non-hydrogen) atoms. The summed E-state index contributed by atoms with van der Waals surface area (Å²) in [5, 5.41) is 20.4. The van der Waals surface area contributed by atoms with Gasteiger partial charge < -0.3 is 48.1 Å². The van der Waals surface area contributed by atoms with Gasteiger partial charge in [0.15, 0.2) is 0 Å². The van der Waals surface area contributed by atoms with E-state index in [1.165, 1.54) is 13.8 Å². The number of esters is 6. The van der Waals surface area contributed by atoms with Crippen molar-refractivity contribution in [1.29, 1.82) is 0 Å². The maximum Gasteiger partial charge on any atom is 0.333 e. The Balaban J connectivity index is 1.67. The Morgan fingerprint density at radius 3 is 1.12 bits per heavy atom. The molecule has 2 unspecified atom stereocenters. The first kappa shape index (κ1) is 47.4. The summed E-state index contributed by atoms with van der Waals surface area (Å²) in [7, 11) is 0. The molecule has 0 spiro atoms. The van der Waals surface area contributed by atoms with Gasteiger partial charge in [-0.3, -0.25) is 19.2 Å². The van der Waals surface area contributed by atoms with Gasteiger partial charge in [-0.2, -0.15) is 0 Å². The first-order chi connectivity index (χ1) is 27.0. The van der Waals surface area contributed by atoms with Crippen LogP contribution in [0.3, 0.4) is 0 Å². The second-order valence-electron chi connectivity index (χ2n) is 13.2. The van der Waals surface area contributed by atoms with E-state index >= 15 is 0 Å². The van der Waals surface area contributed by atoms with E-state index in [4.69, 9.17) is 37.9 Å². The van der Waals surface area contributed by atoms with Crippen LogP contribution >= 0.6 is 0 Å². The van der Waals surface area contributed by atoms with Gasteiger partial charge in [0.2, 0.25) is 0 Å². The van der Waals surface area contributed by atoms with E-state index in [1.807, 2.05) is 38.1 Å². The van der Waals surface area contributed by atoms with Crippen LogP contribution in [-0.4, -0.2) is 111 Å². The maximum atomic E-state index is 12.0. The summed E-state index contributed by atoms with van der Waals surface area (Å²) in [5.74, 6) is -2.94. The molecule has 16 heteroatoms. The first-order valence-corrected chi connectivity index (χ1v) is 18.1. The molecule has 0 amide bonds. The molecule has 0 aliphatic rings. The van der Waals surface area contributed by atoms with Gasteiger partial charge in [-0.1, -0.05) is 51.3 Å². The summed E-state index contributed by atoms with van der Waals surface area (Å²) in [6.07, 6.45) is -3.20. The van der Waals surface area contributed by atoms with Crippen LogP contribution in [0.25, 0.3) is 0 Å². The molecule has 0 aliphatic carbocycles. The van der Waals surface area contributed by atoms with Crippen molar-refractivity contribution in [3.05, 3.63) is 84.0 Å². The van der Waals surface area contributed by atoms with E-state index < -0.39 is 53.4 Å². The molecule has 2 rings (SSSR count). The number of benzene rings is 2. The fourth-order valence-corrected chi connectivity index (χ4v) is 4.48. The third-order valence-electron chi connectivity index (χ3n) is 7.83. The zero-order valence-electron chi connectivity index (χ0n) is 32.8. The molecule has 0 saturated carbocycles. The zero-order valence-corrected chi connectivity index (χ0v) is 32.8. The van der Waals surface area contributed by atoms with Gasteiger partial charge in [-0.25, -0.2) is 9.59 Å². The molecule has 0 radical (unpaired) electrons. The maximum absolute atomic E-state index is 12.0. The van der Waals surface area contributed by atoms with E-state index in [9.17, 15) is 39.0 Å². The number of ether oxygens (including phenoxy) is 8. The predicted molar refractivity (Wildman–Crippen MR) is 202 cm³/mol. The van der Waals surface area contributed by atoms with E-state index in [-0.39, 0.29) is 89.7 Å². The highest BCUT2D eigenvalue weighted by Crippen LogP contribution is 2.33. The standard InChI is InChI=1S/C41H52O16/c1-27(2)39(48)52-21-19-50-35(44)15-17-37(46)56-25-31(42)23-54-33-11-7-29(8-12-33)41(5,6)30-9-13-34(14-10-30)55-24-32(43)26-57-38(47)18-16-36(45)51-20-22-53-40(49)28(3)4/h7-14,31-32,42-43H,1,3,15-26H2,2,4-6H3. The molecule has 0 heterocycles. The Hall–Kier alpha value is -5.74. The molecular weight excluding hydrogens is 748 g/mol. The molecule has 0 aromatic heterocycles. The number of aliphatic hydroxyl groups is 2. The van der Waals surface area contributed by atoms with Crippen molar-refractivity contribution in [2.45, 2.75) is 71.0 Å². The quantitative estimate of drug-likeness (QED) is 0.0603. The molecule has 2 atom stereocenters. The molecule has 0 saturated heterocycles. The van der Waals surface area contributed by atoms with Gasteiger partial charge in [0.25, 0.3) is 0 Å². The van der Waals surface area contributed by atoms with Crippen molar-refractivity contribution in [3.8, 4) is 11.5 Å². The molecule has 2 N–H and O–H groups in total. The highest BCUT2D eigenvalue weighted by Gasteiger charge is 2.23. The minimum atomic E-state index is -1.11. The predicted octanol–water partition coefficient (Wildman–Crippen LogP) is 3.46. The number of carbonyl (C=O) groups is 6. The average molecular weight is 801 g/mol. The highest BCUT2D eigenvalue weighted by molar-refractivity contribution is 5.87. The number of carbonyl (C=O) groups excluding carboxylic acids is 6. The summed E-state index contributed by atoms with van der Waals surface area (Å²) < 4.78 is 40.7. The van der Waals surface area contributed by atoms with Crippen molar-refractivity contribution in [2.24, 2.45) is 0 Å². The van der Waals surface area contributed by atoms with Gasteiger partial charge in [-0.15, -0.1) is 0 Å². The second-order valence-corrected chi connectivity index (χ2v) is 13.2. The molecule has 16 nitrogen and oxygen atoms in total. The second kappa shape index (κ2) is 24.7. The minimum absolute atomic E-state index is 0.132. The van der Waals surface area contributed by atoms with Crippen molar-refractivity contribution >= 4 is 35.8 Å². The van der Waals surface area contributed by atoms with E-state index in [1.54, 1.807) is 24.3 Å². The van der Waals surface area contributed by atoms with Crippen LogP contribution < -0.4 is 9.47 Å². The van der Waals surface area contributed by atoms with Crippen molar-refractivity contribution in [3.63, 3.8) is 0 Å². The van der Waals surface area contributed by atoms with E-state index in [0.717, 1.165) is 11.1 Å². The van der Waals surface area contributed by atoms with Crippen LogP contribution in [0.1, 0.15) is 64.5 Å². The monoisotopic (exact) mass is 800 g/mol. The van der Waals surface area contributed by atoms with Crippen LogP contribution in [-0.2, 0) is 62.6 Å². The van der Waals surface area contributed by atoms with Gasteiger partial charge in [0.1, 0.15) is 76.6 Å². The minimum Gasteiger partial charge on any atom is -0.491 e. The normalized spacial score (nSPS) is 11.9. The largest absolute Gasteiger partial charge is 0.491 e. The average Bonchev–Trinajstić information content (AvgIpc) is 3.19. The lowest BCUT2D eigenvalue weighted by Gasteiger charge is -2.26. The number of aliphatic hydroxyl groups excluding tert-OH is 2. The molecule has 2 aromatic carbocycles. The Morgan fingerprint density at radius 1 is 0.509 bits per heavy atom. The third kappa shape index (κ3) is 19.1. The molecule has 0 fully saturated rings. The van der Waals surface area contributed by atoms with Crippen LogP contribution in [0.5, 0.6) is 11.5 Å². The summed E-state index contributed by atoms with van der Waals surface area (Å²) in [6.45, 7) is 12.4. The van der Waals surface area contributed by atoms with Gasteiger partial charge in [0.05, 0.1) is 25.7 Å². The zero-order chi connectivity index (χ0) is 42.4. The topological polar surface area (TPSA) is 217 Å². The summed E-state index contributed by atoms with van der Waals surface area (Å²) >= 11 is 0. The van der Waals surface area contributed by atoms with Crippen molar-refractivity contribution in [1.82, 2.24) is 0 Å². The Morgan fingerprint density at radius 2 is 0.807 bits per heavy atom. The van der Waals surface area contributed by atoms with Crippen LogP contribution in [0.2, 0.25) is 0 Å². The Kier molecular flexibility index (Phi) is 20.5. The van der Waals surface area contributed by atoms with Crippen molar-refractivity contribution in [2.75, 3.05) is 52.9 Å². The summed E-state index contributed by atoms with van der Waals surface area (Å²) in [6, 6.07) is 14.6. The van der Waals surface area contributed by atoms with E-state index in [0.29, 0.717) is 11.5 Å². The molecule has 312 valence electrons. The molecule has 2 aromatic rings. The van der Waals surface area contributed by atoms with Gasteiger partial charge in [0, 0.05) is 16.6 Å². The highest BCUT2D eigenvalue weighted by atomic mass is 16.6. The first-order valence-electron chi connectivity index (χ1n) is 18.1. The fraction of sp³-hybridized carbons (Fsp3) is 0.463. The number of hydrogen-bond acceptors (Lipinski definition) is 16. The summed E-state index contributed by atoms with van der Waals surface area (Å²) in [5.41, 5.74) is 1.96. The third-order valence-corrected chi connectivity index (χ3v) is 7.83. The van der Waals surface area contributed by atoms with E-state index in [2.05, 4.69) is 13.2 Å². The Labute approximate surface area is 331 Å². The Bertz CT molecular complexity index is 1540. The molecular formula is C41H52O16. The fourth-order valence-electron chi connectivity index (χ4n) is 4.48. The lowest BCUT2D eigenvalue weighted by atomic mass is 9.78. The van der Waals surface area contributed by atoms with Crippen molar-refractivity contribution < 1.29 is 76.9 Å². The number of rotatable bonds is 26. The molecule has 0 bridgehead atoms. The lowest BCUT2D eigenvalue weighted by Crippen LogP contribution is -2.25. The summed E-state index contributed by atoms with van der Waals surface area (Å²) in [4.78, 5) is 70.0. The van der Waals surface area contributed by atoms with Crippen LogP contribution in [0.15, 0.2) is 72.8 Å². The molecule has 0 aliphatic heterocycles. The number of hydrogen-bond donors (Lipinski definition) is 2. The SMILES string of the molecule is C=C(C)C(=O)OCCOC(=O)CCC(=O)OCC(O)COc1ccc(C(C)(C)c2ccc(OCC(O)COC(=O)CCC(=O)OCCOC(=O)C(=C)C)cc2)cc1. The van der Waals surface area contributed by atoms with Gasteiger partial charge >= 0.3 is 35.8 Å².